The highest BCUT2D eigenvalue weighted by Crippen LogP contribution is 2.04. The minimum Gasteiger partial charge on any atom is -0.375 e. The quantitative estimate of drug-likeness (QED) is 0.651. The van der Waals surface area contributed by atoms with Gasteiger partial charge in [0.1, 0.15) is 0 Å². The summed E-state index contributed by atoms with van der Waals surface area (Å²) in [6.45, 7) is 6.48. The minimum atomic E-state index is -2.28. The SMILES string of the molecule is CC(C)(C)OCCNCC(F)F. The van der Waals surface area contributed by atoms with Crippen molar-refractivity contribution < 1.29 is 13.5 Å². The molecule has 0 aromatic carbocycles. The average molecular weight is 181 g/mol. The van der Waals surface area contributed by atoms with Crippen LogP contribution in [0, 0.1) is 0 Å². The maximum atomic E-state index is 11.6. The van der Waals surface area contributed by atoms with Crippen LogP contribution in [0.1, 0.15) is 20.8 Å². The van der Waals surface area contributed by atoms with Crippen molar-refractivity contribution >= 4 is 0 Å². The molecule has 0 aliphatic rings. The summed E-state index contributed by atoms with van der Waals surface area (Å²) in [5.74, 6) is 0. The van der Waals surface area contributed by atoms with Gasteiger partial charge in [-0.3, -0.25) is 0 Å². The van der Waals surface area contributed by atoms with E-state index in [1.165, 1.54) is 0 Å². The molecule has 0 saturated carbocycles. The van der Waals surface area contributed by atoms with Crippen LogP contribution in [0.4, 0.5) is 8.78 Å². The van der Waals surface area contributed by atoms with Gasteiger partial charge in [-0.05, 0) is 20.8 Å². The number of ether oxygens (including phenoxy) is 1. The maximum Gasteiger partial charge on any atom is 0.250 e. The van der Waals surface area contributed by atoms with Crippen molar-refractivity contribution in [3.63, 3.8) is 0 Å². The molecule has 0 aromatic rings. The first-order chi connectivity index (χ1) is 5.42. The summed E-state index contributed by atoms with van der Waals surface area (Å²) in [5.41, 5.74) is -0.188. The number of alkyl halides is 2. The molecule has 0 aliphatic carbocycles. The fourth-order valence-corrected chi connectivity index (χ4v) is 0.641. The largest absolute Gasteiger partial charge is 0.375 e. The predicted molar refractivity (Wildman–Crippen MR) is 44.6 cm³/mol. The van der Waals surface area contributed by atoms with E-state index < -0.39 is 6.43 Å². The predicted octanol–water partition coefficient (Wildman–Crippen LogP) is 1.66. The highest BCUT2D eigenvalue weighted by atomic mass is 19.3. The summed E-state index contributed by atoms with van der Waals surface area (Å²) in [7, 11) is 0. The van der Waals surface area contributed by atoms with E-state index in [1.807, 2.05) is 20.8 Å². The van der Waals surface area contributed by atoms with Crippen LogP contribution in [0.25, 0.3) is 0 Å². The van der Waals surface area contributed by atoms with Crippen molar-refractivity contribution in [1.82, 2.24) is 5.32 Å². The van der Waals surface area contributed by atoms with E-state index >= 15 is 0 Å². The molecule has 0 atom stereocenters. The molecule has 0 aromatic heterocycles. The highest BCUT2D eigenvalue weighted by Gasteiger charge is 2.09. The number of hydrogen-bond acceptors (Lipinski definition) is 2. The first kappa shape index (κ1) is 11.8. The first-order valence-electron chi connectivity index (χ1n) is 4.04. The van der Waals surface area contributed by atoms with Gasteiger partial charge in [0.25, 0.3) is 6.43 Å². The molecule has 0 fully saturated rings. The van der Waals surface area contributed by atoms with E-state index in [0.29, 0.717) is 13.2 Å². The Hall–Kier alpha value is -0.220. The van der Waals surface area contributed by atoms with Gasteiger partial charge >= 0.3 is 0 Å². The Bertz CT molecular complexity index is 112. The molecule has 0 amide bonds. The molecule has 12 heavy (non-hydrogen) atoms. The smallest absolute Gasteiger partial charge is 0.250 e. The molecule has 1 N–H and O–H groups in total. The second-order valence-electron chi connectivity index (χ2n) is 3.56. The Labute approximate surface area is 72.3 Å². The summed E-state index contributed by atoms with van der Waals surface area (Å²) in [4.78, 5) is 0. The van der Waals surface area contributed by atoms with E-state index in [2.05, 4.69) is 5.32 Å². The van der Waals surface area contributed by atoms with Gasteiger partial charge in [0.15, 0.2) is 0 Å². The van der Waals surface area contributed by atoms with Crippen molar-refractivity contribution in [3.05, 3.63) is 0 Å². The monoisotopic (exact) mass is 181 g/mol. The fourth-order valence-electron chi connectivity index (χ4n) is 0.641. The summed E-state index contributed by atoms with van der Waals surface area (Å²) >= 11 is 0. The van der Waals surface area contributed by atoms with Crippen molar-refractivity contribution in [1.29, 1.82) is 0 Å². The third kappa shape index (κ3) is 9.78. The van der Waals surface area contributed by atoms with Gasteiger partial charge in [-0.15, -0.1) is 0 Å². The molecule has 0 rings (SSSR count). The number of nitrogens with one attached hydrogen (secondary N) is 1. The average Bonchev–Trinajstić information content (AvgIpc) is 1.83. The molecule has 0 heterocycles. The number of hydrogen-bond donors (Lipinski definition) is 1. The standard InChI is InChI=1S/C8H17F2NO/c1-8(2,3)12-5-4-11-6-7(9)10/h7,11H,4-6H2,1-3H3. The van der Waals surface area contributed by atoms with Gasteiger partial charge in [0, 0.05) is 6.54 Å². The summed E-state index contributed by atoms with van der Waals surface area (Å²) in [6.07, 6.45) is -2.28. The van der Waals surface area contributed by atoms with Crippen LogP contribution in [0.5, 0.6) is 0 Å². The van der Waals surface area contributed by atoms with Crippen LogP contribution in [0.3, 0.4) is 0 Å². The molecule has 74 valence electrons. The fraction of sp³-hybridized carbons (Fsp3) is 1.00. The van der Waals surface area contributed by atoms with Crippen LogP contribution in [-0.4, -0.2) is 31.7 Å². The Morgan fingerprint density at radius 2 is 1.92 bits per heavy atom. The molecule has 0 spiro atoms. The zero-order valence-electron chi connectivity index (χ0n) is 7.86. The Morgan fingerprint density at radius 1 is 1.33 bits per heavy atom. The van der Waals surface area contributed by atoms with Gasteiger partial charge in [-0.2, -0.15) is 0 Å². The van der Waals surface area contributed by atoms with E-state index in [-0.39, 0.29) is 12.1 Å². The molecule has 0 saturated heterocycles. The van der Waals surface area contributed by atoms with Crippen molar-refractivity contribution in [2.45, 2.75) is 32.8 Å². The molecule has 0 bridgehead atoms. The topological polar surface area (TPSA) is 21.3 Å². The van der Waals surface area contributed by atoms with Gasteiger partial charge < -0.3 is 10.1 Å². The van der Waals surface area contributed by atoms with Crippen molar-refractivity contribution in [2.75, 3.05) is 19.7 Å². The molecule has 0 aliphatic heterocycles. The second-order valence-corrected chi connectivity index (χ2v) is 3.56. The lowest BCUT2D eigenvalue weighted by molar-refractivity contribution is -0.00188. The lowest BCUT2D eigenvalue weighted by Gasteiger charge is -2.19. The highest BCUT2D eigenvalue weighted by molar-refractivity contribution is 4.59. The van der Waals surface area contributed by atoms with E-state index in [0.717, 1.165) is 0 Å². The van der Waals surface area contributed by atoms with Crippen LogP contribution >= 0.6 is 0 Å². The van der Waals surface area contributed by atoms with Gasteiger partial charge in [-0.1, -0.05) is 0 Å². The maximum absolute atomic E-state index is 11.6. The second kappa shape index (κ2) is 5.43. The van der Waals surface area contributed by atoms with Crippen LogP contribution < -0.4 is 5.32 Å². The molecule has 0 unspecified atom stereocenters. The van der Waals surface area contributed by atoms with Gasteiger partial charge in [-0.25, -0.2) is 8.78 Å². The van der Waals surface area contributed by atoms with Crippen LogP contribution in [-0.2, 0) is 4.74 Å². The first-order valence-corrected chi connectivity index (χ1v) is 4.04. The van der Waals surface area contributed by atoms with Crippen LogP contribution in [0.2, 0.25) is 0 Å². The lowest BCUT2D eigenvalue weighted by Crippen LogP contribution is -2.29. The lowest BCUT2D eigenvalue weighted by atomic mass is 10.2. The van der Waals surface area contributed by atoms with Crippen molar-refractivity contribution in [2.24, 2.45) is 0 Å². The Kier molecular flexibility index (Phi) is 5.33. The van der Waals surface area contributed by atoms with Crippen LogP contribution in [0.15, 0.2) is 0 Å². The van der Waals surface area contributed by atoms with Crippen molar-refractivity contribution in [3.8, 4) is 0 Å². The molecular weight excluding hydrogens is 164 g/mol. The van der Waals surface area contributed by atoms with E-state index in [4.69, 9.17) is 4.74 Å². The summed E-state index contributed by atoms with van der Waals surface area (Å²) in [5, 5.41) is 2.58. The molecule has 0 radical (unpaired) electrons. The third-order valence-electron chi connectivity index (χ3n) is 1.11. The van der Waals surface area contributed by atoms with Gasteiger partial charge in [0.2, 0.25) is 0 Å². The van der Waals surface area contributed by atoms with Gasteiger partial charge in [0.05, 0.1) is 18.8 Å². The normalized spacial score (nSPS) is 12.5. The zero-order chi connectivity index (χ0) is 9.61. The minimum absolute atomic E-state index is 0.188. The van der Waals surface area contributed by atoms with E-state index in [1.54, 1.807) is 0 Å². The van der Waals surface area contributed by atoms with E-state index in [9.17, 15) is 8.78 Å². The molecule has 4 heteroatoms. The number of rotatable bonds is 5. The Balaban J connectivity index is 3.12. The molecular formula is C8H17F2NO. The number of halogens is 2. The Morgan fingerprint density at radius 3 is 2.33 bits per heavy atom. The zero-order valence-corrected chi connectivity index (χ0v) is 7.86. The summed E-state index contributed by atoms with van der Waals surface area (Å²) in [6, 6.07) is 0. The third-order valence-corrected chi connectivity index (χ3v) is 1.11. The summed E-state index contributed by atoms with van der Waals surface area (Å²) < 4.78 is 28.5. The molecule has 2 nitrogen and oxygen atoms in total.